The van der Waals surface area contributed by atoms with Crippen LogP contribution in [0.15, 0.2) is 30.9 Å². The van der Waals surface area contributed by atoms with E-state index in [2.05, 4.69) is 6.58 Å². The smallest absolute Gasteiger partial charge is 0.338 e. The third-order valence-electron chi connectivity index (χ3n) is 2.58. The van der Waals surface area contributed by atoms with Gasteiger partial charge in [0.15, 0.2) is 0 Å². The van der Waals surface area contributed by atoms with Crippen LogP contribution in [0.4, 0.5) is 5.69 Å². The highest BCUT2D eigenvalue weighted by Crippen LogP contribution is 2.26. The van der Waals surface area contributed by atoms with Crippen molar-refractivity contribution in [1.82, 2.24) is 0 Å². The summed E-state index contributed by atoms with van der Waals surface area (Å²) in [5.41, 5.74) is 2.65. The highest BCUT2D eigenvalue weighted by Gasteiger charge is 2.18. The molecule has 0 saturated heterocycles. The molecule has 84 valence electrons. The van der Waals surface area contributed by atoms with E-state index in [1.165, 1.54) is 0 Å². The number of hydrogen-bond donors (Lipinski definition) is 1. The van der Waals surface area contributed by atoms with Gasteiger partial charge in [-0.3, -0.25) is 0 Å². The van der Waals surface area contributed by atoms with E-state index >= 15 is 0 Å². The molecule has 1 heterocycles. The summed E-state index contributed by atoms with van der Waals surface area (Å²) in [6.45, 7) is 4.52. The maximum absolute atomic E-state index is 11.6. The molecule has 0 amide bonds. The van der Waals surface area contributed by atoms with Gasteiger partial charge in [0.2, 0.25) is 0 Å². The predicted molar refractivity (Wildman–Crippen MR) is 62.2 cm³/mol. The summed E-state index contributed by atoms with van der Waals surface area (Å²) in [4.78, 5) is 11.6. The van der Waals surface area contributed by atoms with E-state index in [0.717, 1.165) is 24.2 Å². The number of benzene rings is 1. The Kier molecular flexibility index (Phi) is 2.92. The monoisotopic (exact) mass is 218 g/mol. The molecule has 0 fully saturated rings. The Morgan fingerprint density at radius 2 is 2.44 bits per heavy atom. The standard InChI is InChI=1S/C12H14N2O2/c1-2-7-16-12(15)10-3-4-11-9(8-10)5-6-14(11)13/h2-4,8H,1,5-7,13H2. The van der Waals surface area contributed by atoms with Gasteiger partial charge in [0.1, 0.15) is 6.61 Å². The normalized spacial score (nSPS) is 13.4. The summed E-state index contributed by atoms with van der Waals surface area (Å²) in [6.07, 6.45) is 2.42. The number of carbonyl (C=O) groups is 1. The Hall–Kier alpha value is -1.81. The van der Waals surface area contributed by atoms with Crippen molar-refractivity contribution in [3.63, 3.8) is 0 Å². The van der Waals surface area contributed by atoms with Crippen LogP contribution in [0.2, 0.25) is 0 Å². The molecule has 1 aromatic carbocycles. The second-order valence-corrected chi connectivity index (χ2v) is 3.67. The van der Waals surface area contributed by atoms with Crippen LogP contribution in [-0.4, -0.2) is 19.1 Å². The molecule has 1 aliphatic rings. The van der Waals surface area contributed by atoms with Crippen LogP contribution in [0.3, 0.4) is 0 Å². The fourth-order valence-electron chi connectivity index (χ4n) is 1.77. The number of anilines is 1. The van der Waals surface area contributed by atoms with Gasteiger partial charge in [-0.05, 0) is 30.2 Å². The lowest BCUT2D eigenvalue weighted by atomic mass is 10.1. The largest absolute Gasteiger partial charge is 0.458 e. The maximum atomic E-state index is 11.6. The molecule has 2 N–H and O–H groups in total. The van der Waals surface area contributed by atoms with Crippen molar-refractivity contribution < 1.29 is 9.53 Å². The van der Waals surface area contributed by atoms with Crippen molar-refractivity contribution in [2.24, 2.45) is 5.84 Å². The van der Waals surface area contributed by atoms with Crippen LogP contribution in [0.25, 0.3) is 0 Å². The molecule has 2 rings (SSSR count). The molecular weight excluding hydrogens is 204 g/mol. The van der Waals surface area contributed by atoms with E-state index in [1.54, 1.807) is 17.2 Å². The maximum Gasteiger partial charge on any atom is 0.338 e. The minimum absolute atomic E-state index is 0.235. The Labute approximate surface area is 94.3 Å². The van der Waals surface area contributed by atoms with Gasteiger partial charge in [0.25, 0.3) is 0 Å². The molecule has 0 bridgehead atoms. The Bertz CT molecular complexity index is 429. The molecule has 4 nitrogen and oxygen atoms in total. The Morgan fingerprint density at radius 3 is 3.19 bits per heavy atom. The lowest BCUT2D eigenvalue weighted by Crippen LogP contribution is -2.27. The Balaban J connectivity index is 2.18. The van der Waals surface area contributed by atoms with Crippen molar-refractivity contribution in [1.29, 1.82) is 0 Å². The molecule has 0 saturated carbocycles. The van der Waals surface area contributed by atoms with Gasteiger partial charge in [-0.1, -0.05) is 12.7 Å². The molecule has 4 heteroatoms. The molecular formula is C12H14N2O2. The molecule has 1 aliphatic heterocycles. The zero-order valence-corrected chi connectivity index (χ0v) is 8.98. The van der Waals surface area contributed by atoms with Gasteiger partial charge in [-0.2, -0.15) is 0 Å². The third-order valence-corrected chi connectivity index (χ3v) is 2.58. The molecule has 0 atom stereocenters. The van der Waals surface area contributed by atoms with E-state index in [4.69, 9.17) is 10.6 Å². The van der Waals surface area contributed by atoms with E-state index < -0.39 is 0 Å². The van der Waals surface area contributed by atoms with Crippen molar-refractivity contribution in [3.8, 4) is 0 Å². The number of carbonyl (C=O) groups excluding carboxylic acids is 1. The first-order valence-corrected chi connectivity index (χ1v) is 5.15. The predicted octanol–water partition coefficient (Wildman–Crippen LogP) is 1.27. The molecule has 1 aromatic rings. The van der Waals surface area contributed by atoms with Crippen LogP contribution in [0.1, 0.15) is 15.9 Å². The first-order valence-electron chi connectivity index (χ1n) is 5.15. The van der Waals surface area contributed by atoms with E-state index in [0.29, 0.717) is 5.56 Å². The van der Waals surface area contributed by atoms with Gasteiger partial charge < -0.3 is 9.75 Å². The van der Waals surface area contributed by atoms with Crippen molar-refractivity contribution in [3.05, 3.63) is 42.0 Å². The highest BCUT2D eigenvalue weighted by atomic mass is 16.5. The number of ether oxygens (including phenoxy) is 1. The summed E-state index contributed by atoms with van der Waals surface area (Å²) >= 11 is 0. The summed E-state index contributed by atoms with van der Waals surface area (Å²) < 4.78 is 4.96. The van der Waals surface area contributed by atoms with Gasteiger partial charge in [0.05, 0.1) is 11.3 Å². The SMILES string of the molecule is C=CCOC(=O)c1ccc2c(c1)CCN2N. The third kappa shape index (κ3) is 1.92. The number of nitrogens with two attached hydrogens (primary N) is 1. The molecule has 0 aliphatic carbocycles. The highest BCUT2D eigenvalue weighted by molar-refractivity contribution is 5.90. The van der Waals surface area contributed by atoms with Gasteiger partial charge in [-0.25, -0.2) is 10.6 Å². The lowest BCUT2D eigenvalue weighted by Gasteiger charge is -2.11. The van der Waals surface area contributed by atoms with Crippen LogP contribution in [0.5, 0.6) is 0 Å². The molecule has 0 radical (unpaired) electrons. The van der Waals surface area contributed by atoms with E-state index in [9.17, 15) is 4.79 Å². The molecule has 0 aromatic heterocycles. The van der Waals surface area contributed by atoms with Gasteiger partial charge in [-0.15, -0.1) is 0 Å². The number of rotatable bonds is 3. The van der Waals surface area contributed by atoms with Crippen molar-refractivity contribution >= 4 is 11.7 Å². The van der Waals surface area contributed by atoms with E-state index in [1.807, 2.05) is 12.1 Å². The summed E-state index contributed by atoms with van der Waals surface area (Å²) in [6, 6.07) is 5.43. The average molecular weight is 218 g/mol. The van der Waals surface area contributed by atoms with Crippen LogP contribution in [0, 0.1) is 0 Å². The fourth-order valence-corrected chi connectivity index (χ4v) is 1.77. The van der Waals surface area contributed by atoms with Gasteiger partial charge >= 0.3 is 5.97 Å². The quantitative estimate of drug-likeness (QED) is 0.471. The minimum atomic E-state index is -0.321. The summed E-state index contributed by atoms with van der Waals surface area (Å²) in [7, 11) is 0. The number of hydrazine groups is 1. The summed E-state index contributed by atoms with van der Waals surface area (Å²) in [5.74, 6) is 5.44. The molecule has 16 heavy (non-hydrogen) atoms. The fraction of sp³-hybridized carbons (Fsp3) is 0.250. The molecule has 0 spiro atoms. The zero-order valence-electron chi connectivity index (χ0n) is 8.98. The first-order chi connectivity index (χ1) is 7.72. The van der Waals surface area contributed by atoms with Crippen molar-refractivity contribution in [2.75, 3.05) is 18.2 Å². The minimum Gasteiger partial charge on any atom is -0.458 e. The lowest BCUT2D eigenvalue weighted by molar-refractivity contribution is 0.0549. The average Bonchev–Trinajstić information content (AvgIpc) is 2.67. The zero-order chi connectivity index (χ0) is 11.5. The summed E-state index contributed by atoms with van der Waals surface area (Å²) in [5, 5.41) is 1.69. The first kappa shape index (κ1) is 10.7. The van der Waals surface area contributed by atoms with Crippen LogP contribution in [-0.2, 0) is 11.2 Å². The number of hydrogen-bond acceptors (Lipinski definition) is 4. The topological polar surface area (TPSA) is 55.6 Å². The Morgan fingerprint density at radius 1 is 1.62 bits per heavy atom. The van der Waals surface area contributed by atoms with Crippen LogP contribution >= 0.6 is 0 Å². The van der Waals surface area contributed by atoms with Crippen LogP contribution < -0.4 is 10.9 Å². The van der Waals surface area contributed by atoms with Crippen molar-refractivity contribution in [2.45, 2.75) is 6.42 Å². The second kappa shape index (κ2) is 4.37. The molecule has 0 unspecified atom stereocenters. The number of fused-ring (bicyclic) bond motifs is 1. The van der Waals surface area contributed by atoms with Gasteiger partial charge in [0, 0.05) is 6.54 Å². The second-order valence-electron chi connectivity index (χ2n) is 3.67. The number of nitrogens with zero attached hydrogens (tertiary/aromatic N) is 1. The van der Waals surface area contributed by atoms with E-state index in [-0.39, 0.29) is 12.6 Å². The number of esters is 1.